The van der Waals surface area contributed by atoms with Crippen LogP contribution >= 0.6 is 0 Å². The molecule has 0 amide bonds. The molecule has 96 heavy (non-hydrogen) atoms. The average molecular weight is 1320 g/mol. The van der Waals surface area contributed by atoms with Crippen LogP contribution in [0.3, 0.4) is 0 Å². The molecule has 540 valence electrons. The van der Waals surface area contributed by atoms with Gasteiger partial charge in [-0.15, -0.1) is 0 Å². The number of unbranched alkanes of at least 4 members (excludes halogenated alkanes) is 48. The Balaban J connectivity index is 1.81. The molecule has 0 heterocycles. The largest absolute Gasteiger partial charge is 0.490 e. The fourth-order valence-electron chi connectivity index (χ4n) is 13.0. The quantitative estimate of drug-likeness (QED) is 0.0324. The molecular weight excluding hydrogens is 1180 g/mol. The van der Waals surface area contributed by atoms with Gasteiger partial charge in [-0.25, -0.2) is 0 Å². The second kappa shape index (κ2) is 60.1. The maximum Gasteiger partial charge on any atom is 0.162 e. The molecule has 1 aliphatic rings. The van der Waals surface area contributed by atoms with E-state index in [4.69, 9.17) is 28.4 Å². The Kier molecular flexibility index (Phi) is 52.3. The van der Waals surface area contributed by atoms with Gasteiger partial charge in [0.2, 0.25) is 0 Å². The summed E-state index contributed by atoms with van der Waals surface area (Å²) in [4.78, 5) is 0. The predicted octanol–water partition coefficient (Wildman–Crippen LogP) is 27.7. The van der Waals surface area contributed by atoms with Crippen LogP contribution in [0.4, 0.5) is 0 Å². The molecule has 0 saturated heterocycles. The van der Waals surface area contributed by atoms with Crippen molar-refractivity contribution in [3.8, 4) is 70.0 Å². The first-order valence-electron chi connectivity index (χ1n) is 41.4. The highest BCUT2D eigenvalue weighted by Gasteiger charge is 2.17. The van der Waals surface area contributed by atoms with Crippen molar-refractivity contribution in [1.82, 2.24) is 0 Å². The van der Waals surface area contributed by atoms with Crippen LogP contribution in [0.25, 0.3) is 0 Å². The van der Waals surface area contributed by atoms with Gasteiger partial charge in [0.05, 0.1) is 39.6 Å². The minimum atomic E-state index is 0.626. The molecule has 6 heteroatoms. The number of ether oxygens (including phenoxy) is 6. The van der Waals surface area contributed by atoms with Gasteiger partial charge in [-0.3, -0.25) is 0 Å². The smallest absolute Gasteiger partial charge is 0.162 e. The van der Waals surface area contributed by atoms with Crippen LogP contribution in [0, 0.1) is 35.5 Å². The van der Waals surface area contributed by atoms with Crippen molar-refractivity contribution in [3.63, 3.8) is 0 Å². The molecule has 1 aliphatic carbocycles. The minimum Gasteiger partial charge on any atom is -0.490 e. The summed E-state index contributed by atoms with van der Waals surface area (Å²) in [5.74, 6) is 26.4. The maximum absolute atomic E-state index is 6.79. The molecule has 0 unspecified atom stereocenters. The van der Waals surface area contributed by atoms with Crippen LogP contribution < -0.4 is 28.4 Å². The molecule has 0 fully saturated rings. The lowest BCUT2D eigenvalue weighted by Crippen LogP contribution is -2.05. The minimum absolute atomic E-state index is 0.626. The normalized spacial score (nSPS) is 11.4. The van der Waals surface area contributed by atoms with E-state index >= 15 is 0 Å². The van der Waals surface area contributed by atoms with Crippen LogP contribution in [0.2, 0.25) is 0 Å². The lowest BCUT2D eigenvalue weighted by Gasteiger charge is -2.16. The Morgan fingerprint density at radius 1 is 0.156 bits per heavy atom. The topological polar surface area (TPSA) is 55.4 Å². The van der Waals surface area contributed by atoms with Gasteiger partial charge in [0, 0.05) is 69.8 Å². The fourth-order valence-corrected chi connectivity index (χ4v) is 13.0. The van der Waals surface area contributed by atoms with Crippen molar-refractivity contribution in [2.45, 2.75) is 388 Å². The molecule has 0 spiro atoms. The first kappa shape index (κ1) is 83.6. The monoisotopic (exact) mass is 1320 g/mol. The Labute approximate surface area is 592 Å². The third kappa shape index (κ3) is 40.9. The van der Waals surface area contributed by atoms with Gasteiger partial charge in [0.1, 0.15) is 0 Å². The highest BCUT2D eigenvalue weighted by molar-refractivity contribution is 5.67. The van der Waals surface area contributed by atoms with E-state index in [1.807, 2.05) is 0 Å². The summed E-state index contributed by atoms with van der Waals surface area (Å²) in [5.41, 5.74) is 4.79. The zero-order chi connectivity index (χ0) is 68.1. The molecule has 0 bridgehead atoms. The summed E-state index contributed by atoms with van der Waals surface area (Å²) in [5, 5.41) is 0. The highest BCUT2D eigenvalue weighted by atomic mass is 16.5. The molecule has 4 rings (SSSR count). The molecule has 0 aliphatic heterocycles. The standard InChI is InChI=1S/C90H144O6/c1-7-13-19-25-31-37-43-49-55-67-91-85-73-79-61-62-81-75-87(93-69-57-51-45-39-33-27-21-15-9-3)89(95-71-59-53-47-41-35-29-23-17-11-5)77-83(81)65-66-84-78-90(96-72-60-54-48-42-36-30-24-18-12-6)88(94-70-58-52-46-40-34-28-22-16-10-4)76-82(84)64-63-80(79)74-86(85)92-68-56-50-44-38-32-26-20-14-8-2/h73-78H,7-60,67-72H2,1-6H3. The highest BCUT2D eigenvalue weighted by Crippen LogP contribution is 2.36. The Morgan fingerprint density at radius 3 is 0.375 bits per heavy atom. The Hall–Kier alpha value is -4.86. The van der Waals surface area contributed by atoms with E-state index in [1.54, 1.807) is 0 Å². The molecule has 0 N–H and O–H groups in total. The van der Waals surface area contributed by atoms with E-state index in [9.17, 15) is 0 Å². The molecule has 3 aromatic rings. The van der Waals surface area contributed by atoms with Gasteiger partial charge in [0.25, 0.3) is 0 Å². The van der Waals surface area contributed by atoms with Crippen LogP contribution in [0.15, 0.2) is 36.4 Å². The number of hydrogen-bond donors (Lipinski definition) is 0. The van der Waals surface area contributed by atoms with E-state index in [0.717, 1.165) is 145 Å². The predicted molar refractivity (Wildman–Crippen MR) is 414 cm³/mol. The van der Waals surface area contributed by atoms with Gasteiger partial charge < -0.3 is 28.4 Å². The van der Waals surface area contributed by atoms with Crippen LogP contribution in [-0.2, 0) is 0 Å². The Morgan fingerprint density at radius 2 is 0.260 bits per heavy atom. The zero-order valence-electron chi connectivity index (χ0n) is 63.3. The molecule has 0 aromatic heterocycles. The van der Waals surface area contributed by atoms with Crippen molar-refractivity contribution >= 4 is 0 Å². The number of hydrogen-bond acceptors (Lipinski definition) is 6. The van der Waals surface area contributed by atoms with Crippen molar-refractivity contribution in [2.24, 2.45) is 0 Å². The van der Waals surface area contributed by atoms with Crippen molar-refractivity contribution in [3.05, 3.63) is 69.8 Å². The summed E-state index contributed by atoms with van der Waals surface area (Å²) < 4.78 is 40.8. The summed E-state index contributed by atoms with van der Waals surface area (Å²) in [6, 6.07) is 12.6. The number of fused-ring (bicyclic) bond motifs is 3. The van der Waals surface area contributed by atoms with Crippen molar-refractivity contribution in [1.29, 1.82) is 0 Å². The van der Waals surface area contributed by atoms with Gasteiger partial charge in [-0.1, -0.05) is 385 Å². The van der Waals surface area contributed by atoms with Crippen molar-refractivity contribution < 1.29 is 28.4 Å². The van der Waals surface area contributed by atoms with E-state index in [-0.39, 0.29) is 0 Å². The lowest BCUT2D eigenvalue weighted by atomic mass is 10.0. The summed E-state index contributed by atoms with van der Waals surface area (Å²) >= 11 is 0. The van der Waals surface area contributed by atoms with Crippen LogP contribution in [0.5, 0.6) is 34.5 Å². The zero-order valence-corrected chi connectivity index (χ0v) is 63.3. The summed E-state index contributed by atoms with van der Waals surface area (Å²) in [7, 11) is 0. The summed E-state index contributed by atoms with van der Waals surface area (Å²) in [6.45, 7) is 17.5. The molecule has 0 saturated carbocycles. The second-order valence-corrected chi connectivity index (χ2v) is 28.3. The molecule has 3 aromatic carbocycles. The average Bonchev–Trinajstić information content (AvgIpc) is 0.839. The Bertz CT molecular complexity index is 2120. The SMILES string of the molecule is CCCCCCCCCCCOc1cc2c(cc1OCCCCCCCCCCC)C#Cc1cc(OCCCCCCCCCCC)c(OCCCCCCCCCCC)cc1C#Cc1cc(OCCCCCCCCCCC)c(OCCCCCCCCCCC)cc1C#C2. The van der Waals surface area contributed by atoms with E-state index in [2.05, 4.69) is 113 Å². The van der Waals surface area contributed by atoms with Crippen molar-refractivity contribution in [2.75, 3.05) is 39.6 Å². The van der Waals surface area contributed by atoms with Gasteiger partial charge in [0.15, 0.2) is 34.5 Å². The number of rotatable bonds is 66. The van der Waals surface area contributed by atoms with Crippen LogP contribution in [0.1, 0.15) is 422 Å². The summed E-state index contributed by atoms with van der Waals surface area (Å²) in [6.07, 6.45) is 68.0. The lowest BCUT2D eigenvalue weighted by molar-refractivity contribution is 0.258. The van der Waals surface area contributed by atoms with E-state index in [1.165, 1.54) is 270 Å². The van der Waals surface area contributed by atoms with E-state index < -0.39 is 0 Å². The molecule has 0 radical (unpaired) electrons. The third-order valence-corrected chi connectivity index (χ3v) is 19.3. The third-order valence-electron chi connectivity index (χ3n) is 19.3. The first-order chi connectivity index (χ1) is 47.5. The van der Waals surface area contributed by atoms with Gasteiger partial charge in [-0.2, -0.15) is 0 Å². The molecular formula is C90H144O6. The maximum atomic E-state index is 6.79. The van der Waals surface area contributed by atoms with E-state index in [0.29, 0.717) is 39.6 Å². The number of benzene rings is 3. The molecule has 6 nitrogen and oxygen atoms in total. The fraction of sp³-hybridized carbons (Fsp3) is 0.733. The van der Waals surface area contributed by atoms with Gasteiger partial charge >= 0.3 is 0 Å². The van der Waals surface area contributed by atoms with Crippen LogP contribution in [-0.4, -0.2) is 39.6 Å². The first-order valence-corrected chi connectivity index (χ1v) is 41.4. The van der Waals surface area contributed by atoms with Gasteiger partial charge in [-0.05, 0) is 38.5 Å². The second-order valence-electron chi connectivity index (χ2n) is 28.3. The molecule has 0 atom stereocenters.